The Morgan fingerprint density at radius 2 is 2.08 bits per heavy atom. The number of carboxylic acid groups (broad SMARTS) is 1. The van der Waals surface area contributed by atoms with Crippen molar-refractivity contribution >= 4 is 5.97 Å². The Kier molecular flexibility index (Phi) is 3.53. The van der Waals surface area contributed by atoms with E-state index in [4.69, 9.17) is 10.8 Å². The van der Waals surface area contributed by atoms with E-state index in [0.717, 1.165) is 0 Å². The third-order valence-electron chi connectivity index (χ3n) is 2.70. The van der Waals surface area contributed by atoms with E-state index in [1.165, 1.54) is 25.7 Å². The van der Waals surface area contributed by atoms with Crippen LogP contribution in [0.3, 0.4) is 0 Å². The summed E-state index contributed by atoms with van der Waals surface area (Å²) in [5.74, 6) is -0.146. The molecule has 1 aliphatic carbocycles. The molecule has 0 radical (unpaired) electrons. The van der Waals surface area contributed by atoms with E-state index in [0.29, 0.717) is 12.3 Å². The second kappa shape index (κ2) is 4.45. The van der Waals surface area contributed by atoms with Crippen molar-refractivity contribution in [3.8, 4) is 0 Å². The smallest absolute Gasteiger partial charge is 0.303 e. The highest BCUT2D eigenvalue weighted by Gasteiger charge is 2.21. The van der Waals surface area contributed by atoms with Crippen LogP contribution in [0.25, 0.3) is 0 Å². The van der Waals surface area contributed by atoms with Gasteiger partial charge in [0.15, 0.2) is 0 Å². The van der Waals surface area contributed by atoms with Crippen LogP contribution in [-0.4, -0.2) is 17.1 Å². The molecule has 1 atom stereocenters. The molecule has 0 aromatic carbocycles. The summed E-state index contributed by atoms with van der Waals surface area (Å²) < 4.78 is 0. The van der Waals surface area contributed by atoms with Gasteiger partial charge in [0.05, 0.1) is 0 Å². The molecule has 1 saturated carbocycles. The molecule has 3 nitrogen and oxygen atoms in total. The average molecular weight is 171 g/mol. The molecule has 0 aromatic heterocycles. The summed E-state index contributed by atoms with van der Waals surface area (Å²) in [6.07, 6.45) is 5.79. The van der Waals surface area contributed by atoms with Crippen LogP contribution >= 0.6 is 0 Å². The van der Waals surface area contributed by atoms with Gasteiger partial charge in [0.1, 0.15) is 0 Å². The van der Waals surface area contributed by atoms with Gasteiger partial charge in [-0.2, -0.15) is 0 Å². The molecule has 0 aromatic rings. The summed E-state index contributed by atoms with van der Waals surface area (Å²) in [5.41, 5.74) is 5.86. The summed E-state index contributed by atoms with van der Waals surface area (Å²) in [7, 11) is 0. The molecular formula is C9H17NO2. The molecule has 0 amide bonds. The van der Waals surface area contributed by atoms with Gasteiger partial charge in [-0.15, -0.1) is 0 Å². The van der Waals surface area contributed by atoms with E-state index < -0.39 is 5.97 Å². The highest BCUT2D eigenvalue weighted by atomic mass is 16.4. The predicted molar refractivity (Wildman–Crippen MR) is 46.8 cm³/mol. The number of aliphatic carboxylic acids is 1. The van der Waals surface area contributed by atoms with Gasteiger partial charge in [0.2, 0.25) is 0 Å². The fourth-order valence-corrected chi connectivity index (χ4v) is 1.91. The Balaban J connectivity index is 2.17. The van der Waals surface area contributed by atoms with Crippen molar-refractivity contribution in [2.75, 3.05) is 0 Å². The van der Waals surface area contributed by atoms with Gasteiger partial charge in [-0.05, 0) is 25.2 Å². The largest absolute Gasteiger partial charge is 0.481 e. The van der Waals surface area contributed by atoms with Gasteiger partial charge in [0.25, 0.3) is 0 Å². The topological polar surface area (TPSA) is 63.3 Å². The molecule has 3 N–H and O–H groups in total. The van der Waals surface area contributed by atoms with Crippen LogP contribution in [0.15, 0.2) is 0 Å². The maximum absolute atomic E-state index is 10.3. The third kappa shape index (κ3) is 2.81. The third-order valence-corrected chi connectivity index (χ3v) is 2.70. The Hall–Kier alpha value is -0.570. The minimum atomic E-state index is -0.733. The molecule has 1 fully saturated rings. The highest BCUT2D eigenvalue weighted by Crippen LogP contribution is 2.28. The number of carboxylic acids is 1. The van der Waals surface area contributed by atoms with E-state index in [-0.39, 0.29) is 12.5 Å². The molecule has 0 spiro atoms. The molecular weight excluding hydrogens is 154 g/mol. The van der Waals surface area contributed by atoms with Gasteiger partial charge in [0, 0.05) is 12.5 Å². The number of nitrogens with two attached hydrogens (primary N) is 1. The lowest BCUT2D eigenvalue weighted by atomic mass is 9.95. The fourth-order valence-electron chi connectivity index (χ4n) is 1.91. The summed E-state index contributed by atoms with van der Waals surface area (Å²) >= 11 is 0. The first-order chi connectivity index (χ1) is 5.70. The molecule has 1 aliphatic rings. The summed E-state index contributed by atoms with van der Waals surface area (Å²) in [6, 6.07) is 0.114. The Morgan fingerprint density at radius 3 is 2.58 bits per heavy atom. The van der Waals surface area contributed by atoms with E-state index in [2.05, 4.69) is 0 Å². The number of hydrogen-bond acceptors (Lipinski definition) is 2. The van der Waals surface area contributed by atoms with Crippen LogP contribution < -0.4 is 5.73 Å². The molecule has 3 heteroatoms. The minimum absolute atomic E-state index is 0.114. The van der Waals surface area contributed by atoms with Crippen LogP contribution in [0.4, 0.5) is 0 Å². The maximum Gasteiger partial charge on any atom is 0.303 e. The van der Waals surface area contributed by atoms with Crippen LogP contribution in [0.1, 0.15) is 38.5 Å². The molecule has 12 heavy (non-hydrogen) atoms. The van der Waals surface area contributed by atoms with Crippen LogP contribution in [-0.2, 0) is 4.79 Å². The van der Waals surface area contributed by atoms with E-state index in [1.54, 1.807) is 0 Å². The van der Waals surface area contributed by atoms with Crippen molar-refractivity contribution in [2.45, 2.75) is 44.6 Å². The predicted octanol–water partition coefficient (Wildman–Crippen LogP) is 1.37. The second-order valence-electron chi connectivity index (χ2n) is 3.64. The van der Waals surface area contributed by atoms with Crippen molar-refractivity contribution in [3.63, 3.8) is 0 Å². The lowest BCUT2D eigenvalue weighted by molar-refractivity contribution is -0.137. The van der Waals surface area contributed by atoms with E-state index >= 15 is 0 Å². The van der Waals surface area contributed by atoms with Crippen LogP contribution in [0.5, 0.6) is 0 Å². The SMILES string of the molecule is N[C@H](CCC(=O)O)C1CCCC1. The van der Waals surface area contributed by atoms with Crippen molar-refractivity contribution in [1.82, 2.24) is 0 Å². The number of hydrogen-bond donors (Lipinski definition) is 2. The lowest BCUT2D eigenvalue weighted by Gasteiger charge is -2.17. The maximum atomic E-state index is 10.3. The molecule has 0 unspecified atom stereocenters. The summed E-state index contributed by atoms with van der Waals surface area (Å²) in [4.78, 5) is 10.3. The van der Waals surface area contributed by atoms with E-state index in [9.17, 15) is 4.79 Å². The zero-order valence-corrected chi connectivity index (χ0v) is 7.33. The van der Waals surface area contributed by atoms with Gasteiger partial charge < -0.3 is 10.8 Å². The second-order valence-corrected chi connectivity index (χ2v) is 3.64. The Labute approximate surface area is 72.9 Å². The molecule has 1 rings (SSSR count). The quantitative estimate of drug-likeness (QED) is 0.671. The molecule has 0 heterocycles. The summed E-state index contributed by atoms with van der Waals surface area (Å²) in [5, 5.41) is 8.45. The van der Waals surface area contributed by atoms with Gasteiger partial charge in [-0.3, -0.25) is 4.79 Å². The van der Waals surface area contributed by atoms with Crippen LogP contribution in [0, 0.1) is 5.92 Å². The van der Waals surface area contributed by atoms with Crippen molar-refractivity contribution in [3.05, 3.63) is 0 Å². The first kappa shape index (κ1) is 9.52. The average Bonchev–Trinajstić information content (AvgIpc) is 2.51. The van der Waals surface area contributed by atoms with Crippen molar-refractivity contribution in [2.24, 2.45) is 11.7 Å². The molecule has 0 aliphatic heterocycles. The zero-order valence-electron chi connectivity index (χ0n) is 7.33. The fraction of sp³-hybridized carbons (Fsp3) is 0.889. The normalized spacial score (nSPS) is 21.1. The number of rotatable bonds is 4. The van der Waals surface area contributed by atoms with Gasteiger partial charge in [-0.25, -0.2) is 0 Å². The first-order valence-corrected chi connectivity index (χ1v) is 4.67. The molecule has 0 bridgehead atoms. The lowest BCUT2D eigenvalue weighted by Crippen LogP contribution is -2.28. The number of carbonyl (C=O) groups is 1. The van der Waals surface area contributed by atoms with Crippen LogP contribution in [0.2, 0.25) is 0 Å². The first-order valence-electron chi connectivity index (χ1n) is 4.67. The Morgan fingerprint density at radius 1 is 1.50 bits per heavy atom. The minimum Gasteiger partial charge on any atom is -0.481 e. The molecule has 70 valence electrons. The van der Waals surface area contributed by atoms with Crippen molar-refractivity contribution in [1.29, 1.82) is 0 Å². The van der Waals surface area contributed by atoms with E-state index in [1.807, 2.05) is 0 Å². The van der Waals surface area contributed by atoms with Gasteiger partial charge in [-0.1, -0.05) is 12.8 Å². The Bertz CT molecular complexity index is 153. The standard InChI is InChI=1S/C9H17NO2/c10-8(5-6-9(11)12)7-3-1-2-4-7/h7-8H,1-6,10H2,(H,11,12)/t8-/m1/s1. The summed E-state index contributed by atoms with van der Waals surface area (Å²) in [6.45, 7) is 0. The monoisotopic (exact) mass is 171 g/mol. The highest BCUT2D eigenvalue weighted by molar-refractivity contribution is 5.66. The molecule has 0 saturated heterocycles. The van der Waals surface area contributed by atoms with Gasteiger partial charge >= 0.3 is 5.97 Å². The van der Waals surface area contributed by atoms with Crippen molar-refractivity contribution < 1.29 is 9.90 Å². The zero-order chi connectivity index (χ0) is 8.97.